The first kappa shape index (κ1) is 17.3. The highest BCUT2D eigenvalue weighted by molar-refractivity contribution is 6.04. The zero-order chi connectivity index (χ0) is 20.3. The molecule has 0 unspecified atom stereocenters. The number of amides is 1. The zero-order valence-electron chi connectivity index (χ0n) is 16.6. The van der Waals surface area contributed by atoms with Crippen LogP contribution in [0.1, 0.15) is 28.9 Å². The Labute approximate surface area is 173 Å². The molecule has 7 heteroatoms. The number of rotatable bonds is 1. The van der Waals surface area contributed by atoms with E-state index in [1.54, 1.807) is 0 Å². The number of likely N-dealkylation sites (tertiary alicyclic amines) is 1. The number of hydrogen-bond acceptors (Lipinski definition) is 4. The topological polar surface area (TPSA) is 76.0 Å². The van der Waals surface area contributed by atoms with E-state index in [4.69, 9.17) is 4.74 Å². The maximum absolute atomic E-state index is 13.2. The lowest BCUT2D eigenvalue weighted by Crippen LogP contribution is -2.49. The predicted molar refractivity (Wildman–Crippen MR) is 112 cm³/mol. The fourth-order valence-electron chi connectivity index (χ4n) is 4.83. The molecular formula is C23H21N5O2. The zero-order valence-corrected chi connectivity index (χ0v) is 16.6. The van der Waals surface area contributed by atoms with Gasteiger partial charge in [-0.1, -0.05) is 30.3 Å². The van der Waals surface area contributed by atoms with Gasteiger partial charge >= 0.3 is 0 Å². The molecule has 1 spiro atoms. The molecule has 7 nitrogen and oxygen atoms in total. The van der Waals surface area contributed by atoms with E-state index < -0.39 is 5.60 Å². The summed E-state index contributed by atoms with van der Waals surface area (Å²) in [7, 11) is 1.97. The van der Waals surface area contributed by atoms with Crippen molar-refractivity contribution in [3.63, 3.8) is 0 Å². The van der Waals surface area contributed by atoms with Crippen LogP contribution >= 0.6 is 0 Å². The third-order valence-corrected chi connectivity index (χ3v) is 6.41. The second kappa shape index (κ2) is 6.19. The van der Waals surface area contributed by atoms with E-state index in [-0.39, 0.29) is 5.91 Å². The highest BCUT2D eigenvalue weighted by Crippen LogP contribution is 2.49. The van der Waals surface area contributed by atoms with Crippen molar-refractivity contribution >= 4 is 16.8 Å². The molecule has 1 fully saturated rings. The van der Waals surface area contributed by atoms with Gasteiger partial charge in [0.25, 0.3) is 5.91 Å². The average molecular weight is 399 g/mol. The summed E-state index contributed by atoms with van der Waals surface area (Å²) in [4.78, 5) is 15.1. The van der Waals surface area contributed by atoms with Crippen LogP contribution in [0.15, 0.2) is 54.7 Å². The number of nitrogens with zero attached hydrogens (tertiary/aromatic N) is 4. The summed E-state index contributed by atoms with van der Waals surface area (Å²) in [6.07, 6.45) is 3.35. The van der Waals surface area contributed by atoms with Gasteiger partial charge in [-0.3, -0.25) is 14.6 Å². The Kier molecular flexibility index (Phi) is 3.56. The molecule has 6 rings (SSSR count). The molecule has 1 N–H and O–H groups in total. The first-order valence-electron chi connectivity index (χ1n) is 10.2. The number of fused-ring (bicyclic) bond motifs is 5. The molecule has 2 aliphatic rings. The molecule has 0 aliphatic carbocycles. The number of H-pyrrole nitrogens is 1. The van der Waals surface area contributed by atoms with Gasteiger partial charge in [-0.2, -0.15) is 10.2 Å². The van der Waals surface area contributed by atoms with Crippen molar-refractivity contribution in [3.8, 4) is 17.0 Å². The first-order valence-corrected chi connectivity index (χ1v) is 10.2. The summed E-state index contributed by atoms with van der Waals surface area (Å²) >= 11 is 0. The Morgan fingerprint density at radius 1 is 1.10 bits per heavy atom. The molecular weight excluding hydrogens is 378 g/mol. The Morgan fingerprint density at radius 3 is 2.73 bits per heavy atom. The third-order valence-electron chi connectivity index (χ3n) is 6.41. The van der Waals surface area contributed by atoms with Crippen LogP contribution < -0.4 is 4.74 Å². The number of hydrogen-bond donors (Lipinski definition) is 1. The minimum Gasteiger partial charge on any atom is -0.482 e. The van der Waals surface area contributed by atoms with Crippen molar-refractivity contribution < 1.29 is 9.53 Å². The molecule has 4 aromatic rings. The maximum Gasteiger partial charge on any atom is 0.274 e. The first-order chi connectivity index (χ1) is 14.7. The van der Waals surface area contributed by atoms with E-state index in [0.29, 0.717) is 31.6 Å². The summed E-state index contributed by atoms with van der Waals surface area (Å²) in [5.41, 5.74) is 4.19. The normalized spacial score (nSPS) is 16.9. The molecule has 30 heavy (non-hydrogen) atoms. The van der Waals surface area contributed by atoms with Gasteiger partial charge in [-0.15, -0.1) is 0 Å². The Hall–Kier alpha value is -3.61. The summed E-state index contributed by atoms with van der Waals surface area (Å²) in [6.45, 7) is 1.22. The number of para-hydroxylation sites is 2. The van der Waals surface area contributed by atoms with E-state index in [1.807, 2.05) is 65.3 Å². The molecule has 2 aliphatic heterocycles. The van der Waals surface area contributed by atoms with Crippen LogP contribution in [-0.2, 0) is 12.6 Å². The number of benzene rings is 2. The van der Waals surface area contributed by atoms with Crippen LogP contribution in [0.2, 0.25) is 0 Å². The number of nitrogens with one attached hydrogen (secondary N) is 1. The SMILES string of the molecule is Cn1ncc2c1-c1ccccc1OC21CCN(C(=O)c2n[nH]c3ccccc23)CC1. The molecule has 0 radical (unpaired) electrons. The van der Waals surface area contributed by atoms with Gasteiger partial charge < -0.3 is 9.64 Å². The van der Waals surface area contributed by atoms with Crippen LogP contribution in [0.25, 0.3) is 22.2 Å². The number of aromatic amines is 1. The van der Waals surface area contributed by atoms with E-state index in [1.165, 1.54) is 0 Å². The molecule has 4 heterocycles. The van der Waals surface area contributed by atoms with Crippen LogP contribution in [0, 0.1) is 0 Å². The Balaban J connectivity index is 1.31. The summed E-state index contributed by atoms with van der Waals surface area (Å²) in [6, 6.07) is 15.8. The molecule has 1 saturated heterocycles. The van der Waals surface area contributed by atoms with E-state index >= 15 is 0 Å². The third kappa shape index (κ3) is 2.35. The minimum atomic E-state index is -0.456. The van der Waals surface area contributed by atoms with Crippen molar-refractivity contribution in [1.82, 2.24) is 24.9 Å². The molecule has 0 saturated carbocycles. The van der Waals surface area contributed by atoms with Crippen LogP contribution in [0.5, 0.6) is 5.75 Å². The van der Waals surface area contributed by atoms with Gasteiger partial charge in [0.1, 0.15) is 11.4 Å². The van der Waals surface area contributed by atoms with Crippen molar-refractivity contribution in [3.05, 3.63) is 66.0 Å². The minimum absolute atomic E-state index is 0.0371. The Morgan fingerprint density at radius 2 is 1.87 bits per heavy atom. The van der Waals surface area contributed by atoms with Gasteiger partial charge in [-0.05, 0) is 18.2 Å². The smallest absolute Gasteiger partial charge is 0.274 e. The average Bonchev–Trinajstić information content (AvgIpc) is 3.39. The number of ether oxygens (including phenoxy) is 1. The van der Waals surface area contributed by atoms with Crippen molar-refractivity contribution in [2.24, 2.45) is 7.05 Å². The molecule has 0 atom stereocenters. The molecule has 2 aromatic carbocycles. The molecule has 2 aromatic heterocycles. The van der Waals surface area contributed by atoms with Gasteiger partial charge in [-0.25, -0.2) is 0 Å². The Bertz CT molecular complexity index is 1280. The molecule has 150 valence electrons. The number of carbonyl (C=O) groups is 1. The standard InChI is InChI=1S/C23H21N5O2/c1-27-21-16-7-3-5-9-19(16)30-23(17(21)14-24-27)10-12-28(13-11-23)22(29)20-15-6-2-4-8-18(15)25-26-20/h2-9,14H,10-13H2,1H3,(H,25,26). The summed E-state index contributed by atoms with van der Waals surface area (Å²) in [5.74, 6) is 0.844. The fourth-order valence-corrected chi connectivity index (χ4v) is 4.83. The fraction of sp³-hybridized carbons (Fsp3) is 0.261. The largest absolute Gasteiger partial charge is 0.482 e. The summed E-state index contributed by atoms with van der Waals surface area (Å²) < 4.78 is 8.50. The van der Waals surface area contributed by atoms with Gasteiger partial charge in [0, 0.05) is 49.5 Å². The second-order valence-corrected chi connectivity index (χ2v) is 8.03. The number of carbonyl (C=O) groups excluding carboxylic acids is 1. The van der Waals surface area contributed by atoms with E-state index in [9.17, 15) is 4.79 Å². The van der Waals surface area contributed by atoms with Gasteiger partial charge in [0.15, 0.2) is 5.69 Å². The predicted octanol–water partition coefficient (Wildman–Crippen LogP) is 3.49. The van der Waals surface area contributed by atoms with E-state index in [0.717, 1.165) is 33.5 Å². The lowest BCUT2D eigenvalue weighted by molar-refractivity contribution is -0.00183. The van der Waals surface area contributed by atoms with Gasteiger partial charge in [0.05, 0.1) is 17.4 Å². The van der Waals surface area contributed by atoms with E-state index in [2.05, 4.69) is 21.4 Å². The number of aromatic nitrogens is 4. The molecule has 0 bridgehead atoms. The van der Waals surface area contributed by atoms with Crippen molar-refractivity contribution in [2.75, 3.05) is 13.1 Å². The highest BCUT2D eigenvalue weighted by atomic mass is 16.5. The monoisotopic (exact) mass is 399 g/mol. The van der Waals surface area contributed by atoms with Crippen LogP contribution in [-0.4, -0.2) is 43.9 Å². The quantitative estimate of drug-likeness (QED) is 0.532. The van der Waals surface area contributed by atoms with Crippen molar-refractivity contribution in [2.45, 2.75) is 18.4 Å². The maximum atomic E-state index is 13.2. The lowest BCUT2D eigenvalue weighted by Gasteiger charge is -2.44. The number of piperidine rings is 1. The second-order valence-electron chi connectivity index (χ2n) is 8.03. The highest BCUT2D eigenvalue weighted by Gasteiger charge is 2.46. The van der Waals surface area contributed by atoms with Crippen LogP contribution in [0.3, 0.4) is 0 Å². The van der Waals surface area contributed by atoms with Crippen molar-refractivity contribution in [1.29, 1.82) is 0 Å². The lowest BCUT2D eigenvalue weighted by atomic mass is 9.81. The van der Waals surface area contributed by atoms with Gasteiger partial charge in [0.2, 0.25) is 0 Å². The van der Waals surface area contributed by atoms with Crippen LogP contribution in [0.4, 0.5) is 0 Å². The number of aryl methyl sites for hydroxylation is 1. The molecule has 1 amide bonds. The summed E-state index contributed by atoms with van der Waals surface area (Å²) in [5, 5.41) is 12.6.